The number of thioether (sulfide) groups is 1. The summed E-state index contributed by atoms with van der Waals surface area (Å²) in [6.45, 7) is 7.87. The molecule has 0 aliphatic carbocycles. The number of pyridine rings is 1. The molecule has 0 aliphatic heterocycles. The molecule has 100 valence electrons. The van der Waals surface area contributed by atoms with Gasteiger partial charge in [-0.3, -0.25) is 9.78 Å². The van der Waals surface area contributed by atoms with Gasteiger partial charge in [-0.1, -0.05) is 20.8 Å². The zero-order valence-corrected chi connectivity index (χ0v) is 12.0. The van der Waals surface area contributed by atoms with Gasteiger partial charge in [-0.2, -0.15) is 0 Å². The summed E-state index contributed by atoms with van der Waals surface area (Å²) in [7, 11) is 0. The van der Waals surface area contributed by atoms with Crippen LogP contribution in [0.2, 0.25) is 0 Å². The molecule has 1 aromatic rings. The predicted molar refractivity (Wildman–Crippen MR) is 73.0 cm³/mol. The molecule has 1 atom stereocenters. The zero-order valence-electron chi connectivity index (χ0n) is 11.2. The normalized spacial score (nSPS) is 13.2. The molecule has 3 nitrogen and oxygen atoms in total. The Kier molecular flexibility index (Phi) is 5.14. The van der Waals surface area contributed by atoms with Crippen molar-refractivity contribution in [3.05, 3.63) is 29.8 Å². The molecule has 5 heteroatoms. The average Bonchev–Trinajstić information content (AvgIpc) is 2.26. The second kappa shape index (κ2) is 6.18. The molecule has 0 fully saturated rings. The van der Waals surface area contributed by atoms with Gasteiger partial charge in [0, 0.05) is 10.9 Å². The van der Waals surface area contributed by atoms with E-state index in [0.717, 1.165) is 0 Å². The standard InChI is InChI=1S/C13H19FN2OS/c1-9(12-10(14)6-5-7-15-12)16-11(17)8-18-13(2,3)4/h5-7,9H,8H2,1-4H3,(H,16,17)/t9-/m1/s1. The number of carbonyl (C=O) groups excluding carboxylic acids is 1. The lowest BCUT2D eigenvalue weighted by molar-refractivity contribution is -0.119. The summed E-state index contributed by atoms with van der Waals surface area (Å²) in [5, 5.41) is 2.75. The van der Waals surface area contributed by atoms with Gasteiger partial charge in [0.1, 0.15) is 5.82 Å². The first-order valence-corrected chi connectivity index (χ1v) is 6.82. The van der Waals surface area contributed by atoms with Crippen molar-refractivity contribution in [3.63, 3.8) is 0 Å². The highest BCUT2D eigenvalue weighted by Gasteiger charge is 2.17. The Balaban J connectivity index is 2.53. The lowest BCUT2D eigenvalue weighted by Gasteiger charge is -2.18. The monoisotopic (exact) mass is 270 g/mol. The van der Waals surface area contributed by atoms with Crippen LogP contribution in [0.1, 0.15) is 39.4 Å². The largest absolute Gasteiger partial charge is 0.347 e. The van der Waals surface area contributed by atoms with Gasteiger partial charge in [-0.05, 0) is 19.1 Å². The highest BCUT2D eigenvalue weighted by molar-refractivity contribution is 8.01. The number of hydrogen-bond acceptors (Lipinski definition) is 3. The van der Waals surface area contributed by atoms with Crippen LogP contribution in [0.3, 0.4) is 0 Å². The maximum absolute atomic E-state index is 13.4. The lowest BCUT2D eigenvalue weighted by atomic mass is 10.2. The van der Waals surface area contributed by atoms with Crippen molar-refractivity contribution in [2.45, 2.75) is 38.5 Å². The Bertz CT molecular complexity index is 418. The molecule has 0 bridgehead atoms. The van der Waals surface area contributed by atoms with Crippen LogP contribution in [0.4, 0.5) is 4.39 Å². The summed E-state index contributed by atoms with van der Waals surface area (Å²) in [4.78, 5) is 15.6. The Morgan fingerprint density at radius 1 is 1.56 bits per heavy atom. The van der Waals surface area contributed by atoms with Gasteiger partial charge in [0.2, 0.25) is 5.91 Å². The number of hydrogen-bond donors (Lipinski definition) is 1. The summed E-state index contributed by atoms with van der Waals surface area (Å²) in [6.07, 6.45) is 1.52. The molecule has 18 heavy (non-hydrogen) atoms. The molecule has 0 unspecified atom stereocenters. The first-order chi connectivity index (χ1) is 8.29. The quantitative estimate of drug-likeness (QED) is 0.914. The van der Waals surface area contributed by atoms with E-state index in [2.05, 4.69) is 10.3 Å². The van der Waals surface area contributed by atoms with E-state index in [1.54, 1.807) is 18.7 Å². The first kappa shape index (κ1) is 15.0. The van der Waals surface area contributed by atoms with Crippen molar-refractivity contribution in [1.29, 1.82) is 0 Å². The molecule has 1 amide bonds. The maximum atomic E-state index is 13.4. The Labute approximate surface area is 112 Å². The van der Waals surface area contributed by atoms with E-state index < -0.39 is 11.9 Å². The fraction of sp³-hybridized carbons (Fsp3) is 0.538. The summed E-state index contributed by atoms with van der Waals surface area (Å²) in [5.41, 5.74) is 0.270. The third-order valence-electron chi connectivity index (χ3n) is 2.21. The minimum absolute atomic E-state index is 0.0385. The molecule has 0 saturated carbocycles. The van der Waals surface area contributed by atoms with E-state index >= 15 is 0 Å². The molecule has 1 N–H and O–H groups in total. The van der Waals surface area contributed by atoms with Gasteiger partial charge in [0.05, 0.1) is 17.5 Å². The molecular formula is C13H19FN2OS. The summed E-state index contributed by atoms with van der Waals surface area (Å²) < 4.78 is 13.5. The third-order valence-corrected chi connectivity index (χ3v) is 3.48. The predicted octanol–water partition coefficient (Wildman–Crippen LogP) is 2.93. The summed E-state index contributed by atoms with van der Waals surface area (Å²) in [6, 6.07) is 2.46. The minimum Gasteiger partial charge on any atom is -0.347 e. The van der Waals surface area contributed by atoms with Crippen LogP contribution in [0.15, 0.2) is 18.3 Å². The van der Waals surface area contributed by atoms with Crippen LogP contribution in [0.5, 0.6) is 0 Å². The molecular weight excluding hydrogens is 251 g/mol. The average molecular weight is 270 g/mol. The van der Waals surface area contributed by atoms with Crippen molar-refractivity contribution in [1.82, 2.24) is 10.3 Å². The van der Waals surface area contributed by atoms with Gasteiger partial charge in [-0.15, -0.1) is 11.8 Å². The summed E-state index contributed by atoms with van der Waals surface area (Å²) >= 11 is 1.56. The van der Waals surface area contributed by atoms with Crippen LogP contribution in [0, 0.1) is 5.82 Å². The van der Waals surface area contributed by atoms with Crippen molar-refractivity contribution in [2.75, 3.05) is 5.75 Å². The number of aromatic nitrogens is 1. The number of halogens is 1. The lowest BCUT2D eigenvalue weighted by Crippen LogP contribution is -2.30. The molecule has 1 heterocycles. The van der Waals surface area contributed by atoms with Crippen LogP contribution in [-0.4, -0.2) is 21.4 Å². The number of carbonyl (C=O) groups is 1. The second-order valence-electron chi connectivity index (χ2n) is 5.06. The molecule has 0 aliphatic rings. The molecule has 0 spiro atoms. The molecule has 1 aromatic heterocycles. The molecule has 0 radical (unpaired) electrons. The van der Waals surface area contributed by atoms with E-state index in [1.807, 2.05) is 20.8 Å². The topological polar surface area (TPSA) is 42.0 Å². The highest BCUT2D eigenvalue weighted by Crippen LogP contribution is 2.23. The smallest absolute Gasteiger partial charge is 0.230 e. The van der Waals surface area contributed by atoms with E-state index in [1.165, 1.54) is 18.3 Å². The van der Waals surface area contributed by atoms with Crippen molar-refractivity contribution >= 4 is 17.7 Å². The van der Waals surface area contributed by atoms with Crippen molar-refractivity contribution in [2.24, 2.45) is 0 Å². The first-order valence-electron chi connectivity index (χ1n) is 5.83. The van der Waals surface area contributed by atoms with Crippen molar-refractivity contribution in [3.8, 4) is 0 Å². The Morgan fingerprint density at radius 2 is 2.22 bits per heavy atom. The maximum Gasteiger partial charge on any atom is 0.230 e. The zero-order chi connectivity index (χ0) is 13.8. The third kappa shape index (κ3) is 5.04. The SMILES string of the molecule is C[C@@H](NC(=O)CSC(C)(C)C)c1ncccc1F. The number of rotatable bonds is 4. The van der Waals surface area contributed by atoms with Gasteiger partial charge < -0.3 is 5.32 Å². The van der Waals surface area contributed by atoms with Gasteiger partial charge in [-0.25, -0.2) is 4.39 Å². The van der Waals surface area contributed by atoms with Gasteiger partial charge in [0.15, 0.2) is 0 Å². The van der Waals surface area contributed by atoms with Crippen LogP contribution in [0.25, 0.3) is 0 Å². The Morgan fingerprint density at radius 3 is 2.78 bits per heavy atom. The number of nitrogens with zero attached hydrogens (tertiary/aromatic N) is 1. The fourth-order valence-electron chi connectivity index (χ4n) is 1.35. The minimum atomic E-state index is -0.417. The van der Waals surface area contributed by atoms with E-state index in [9.17, 15) is 9.18 Å². The molecule has 0 saturated heterocycles. The fourth-order valence-corrected chi connectivity index (χ4v) is 2.00. The van der Waals surface area contributed by atoms with E-state index in [-0.39, 0.29) is 16.3 Å². The molecule has 1 rings (SSSR count). The van der Waals surface area contributed by atoms with Crippen LogP contribution < -0.4 is 5.32 Å². The Hall–Kier alpha value is -1.10. The van der Waals surface area contributed by atoms with E-state index in [4.69, 9.17) is 0 Å². The number of amides is 1. The second-order valence-corrected chi connectivity index (χ2v) is 6.86. The van der Waals surface area contributed by atoms with Crippen molar-refractivity contribution < 1.29 is 9.18 Å². The summed E-state index contributed by atoms with van der Waals surface area (Å²) in [5.74, 6) is -0.135. The van der Waals surface area contributed by atoms with Crippen LogP contribution >= 0.6 is 11.8 Å². The highest BCUT2D eigenvalue weighted by atomic mass is 32.2. The van der Waals surface area contributed by atoms with Gasteiger partial charge in [0.25, 0.3) is 0 Å². The van der Waals surface area contributed by atoms with E-state index in [0.29, 0.717) is 5.75 Å². The van der Waals surface area contributed by atoms with Crippen LogP contribution in [-0.2, 0) is 4.79 Å². The van der Waals surface area contributed by atoms with Gasteiger partial charge >= 0.3 is 0 Å². The molecule has 0 aromatic carbocycles. The number of nitrogens with one attached hydrogen (secondary N) is 1.